The van der Waals surface area contributed by atoms with Crippen molar-refractivity contribution in [3.63, 3.8) is 0 Å². The first kappa shape index (κ1) is 19.9. The Kier molecular flexibility index (Phi) is 10.5. The van der Waals surface area contributed by atoms with Crippen LogP contribution in [0.15, 0.2) is 4.99 Å². The van der Waals surface area contributed by atoms with Crippen molar-refractivity contribution in [3.05, 3.63) is 0 Å². The molecule has 0 aromatic carbocycles. The molecule has 1 rings (SSSR count). The molecule has 1 atom stereocenters. The number of sulfonamides is 1. The maximum Gasteiger partial charge on any atom is 0.213 e. The van der Waals surface area contributed by atoms with E-state index in [-0.39, 0.29) is 35.8 Å². The molecule has 1 aliphatic heterocycles. The summed E-state index contributed by atoms with van der Waals surface area (Å²) in [5, 5.41) is 5.73. The molecule has 1 unspecified atom stereocenters. The highest BCUT2D eigenvalue weighted by Gasteiger charge is 2.17. The van der Waals surface area contributed by atoms with Gasteiger partial charge in [-0.1, -0.05) is 0 Å². The van der Waals surface area contributed by atoms with Gasteiger partial charge in [-0.05, 0) is 19.3 Å². The second kappa shape index (κ2) is 10.6. The predicted octanol–water partition coefficient (Wildman–Crippen LogP) is -0.112. The third kappa shape index (κ3) is 8.22. The number of guanidine groups is 1. The zero-order chi connectivity index (χ0) is 14.1. The highest BCUT2D eigenvalue weighted by atomic mass is 127. The molecule has 0 amide bonds. The van der Waals surface area contributed by atoms with Crippen LogP contribution in [0.25, 0.3) is 0 Å². The number of ether oxygens (including phenoxy) is 1. The van der Waals surface area contributed by atoms with Gasteiger partial charge in [0, 0.05) is 33.8 Å². The molecule has 3 N–H and O–H groups in total. The average Bonchev–Trinajstić information content (AvgIpc) is 2.43. The van der Waals surface area contributed by atoms with Gasteiger partial charge in [0.05, 0.1) is 11.9 Å². The SMILES string of the molecule is CN=C(NC)NCCS(=O)(=O)NCC1CCCCO1.I. The molecule has 1 heterocycles. The maximum absolute atomic E-state index is 11.8. The number of rotatable bonds is 6. The van der Waals surface area contributed by atoms with Crippen LogP contribution in [0.4, 0.5) is 0 Å². The Hall–Kier alpha value is -0.130. The lowest BCUT2D eigenvalue weighted by Crippen LogP contribution is -2.41. The van der Waals surface area contributed by atoms with E-state index in [9.17, 15) is 8.42 Å². The van der Waals surface area contributed by atoms with Crippen molar-refractivity contribution in [1.82, 2.24) is 15.4 Å². The Bertz CT molecular complexity index is 383. The molecule has 1 aliphatic rings. The average molecular weight is 420 g/mol. The summed E-state index contributed by atoms with van der Waals surface area (Å²) in [4.78, 5) is 3.90. The van der Waals surface area contributed by atoms with Gasteiger partial charge in [0.1, 0.15) is 0 Å². The number of nitrogens with one attached hydrogen (secondary N) is 3. The first-order chi connectivity index (χ1) is 9.07. The molecular formula is C11H25IN4O3S. The molecule has 7 nitrogen and oxygen atoms in total. The summed E-state index contributed by atoms with van der Waals surface area (Å²) in [5.74, 6) is 0.589. The highest BCUT2D eigenvalue weighted by molar-refractivity contribution is 14.0. The first-order valence-corrected chi connectivity index (χ1v) is 8.20. The largest absolute Gasteiger partial charge is 0.377 e. The van der Waals surface area contributed by atoms with Crippen LogP contribution in [0.5, 0.6) is 0 Å². The van der Waals surface area contributed by atoms with Gasteiger partial charge in [0.2, 0.25) is 10.0 Å². The van der Waals surface area contributed by atoms with E-state index in [1.54, 1.807) is 14.1 Å². The van der Waals surface area contributed by atoms with Gasteiger partial charge < -0.3 is 15.4 Å². The lowest BCUT2D eigenvalue weighted by atomic mass is 10.1. The van der Waals surface area contributed by atoms with E-state index in [4.69, 9.17) is 4.74 Å². The summed E-state index contributed by atoms with van der Waals surface area (Å²) < 4.78 is 31.6. The van der Waals surface area contributed by atoms with Crippen LogP contribution in [0.2, 0.25) is 0 Å². The van der Waals surface area contributed by atoms with E-state index >= 15 is 0 Å². The third-order valence-electron chi connectivity index (χ3n) is 2.93. The minimum absolute atomic E-state index is 0. The number of nitrogens with zero attached hydrogens (tertiary/aromatic N) is 1. The van der Waals surface area contributed by atoms with Crippen LogP contribution in [-0.2, 0) is 14.8 Å². The van der Waals surface area contributed by atoms with Crippen molar-refractivity contribution in [1.29, 1.82) is 0 Å². The molecule has 20 heavy (non-hydrogen) atoms. The van der Waals surface area contributed by atoms with Crippen LogP contribution < -0.4 is 15.4 Å². The molecule has 0 bridgehead atoms. The first-order valence-electron chi connectivity index (χ1n) is 6.54. The van der Waals surface area contributed by atoms with Crippen LogP contribution in [0.3, 0.4) is 0 Å². The standard InChI is InChI=1S/C11H24N4O3S.HI/c1-12-11(13-2)14-6-8-19(16,17)15-9-10-5-3-4-7-18-10;/h10,15H,3-9H2,1-2H3,(H2,12,13,14);1H. The van der Waals surface area contributed by atoms with Crippen molar-refractivity contribution in [2.45, 2.75) is 25.4 Å². The number of halogens is 1. The maximum atomic E-state index is 11.8. The Morgan fingerprint density at radius 1 is 1.40 bits per heavy atom. The predicted molar refractivity (Wildman–Crippen MR) is 91.2 cm³/mol. The molecule has 9 heteroatoms. The van der Waals surface area contributed by atoms with Crippen molar-refractivity contribution >= 4 is 40.0 Å². The van der Waals surface area contributed by atoms with E-state index in [0.29, 0.717) is 19.0 Å². The fraction of sp³-hybridized carbons (Fsp3) is 0.909. The minimum Gasteiger partial charge on any atom is -0.377 e. The van der Waals surface area contributed by atoms with Crippen LogP contribution in [-0.4, -0.2) is 60.0 Å². The monoisotopic (exact) mass is 420 g/mol. The number of hydrogen-bond acceptors (Lipinski definition) is 4. The molecule has 0 radical (unpaired) electrons. The summed E-state index contributed by atoms with van der Waals surface area (Å²) in [7, 11) is 0.0873. The van der Waals surface area contributed by atoms with Gasteiger partial charge in [-0.2, -0.15) is 0 Å². The molecule has 0 aromatic rings. The van der Waals surface area contributed by atoms with E-state index in [1.165, 1.54) is 0 Å². The fourth-order valence-corrected chi connectivity index (χ4v) is 2.80. The Labute approximate surface area is 138 Å². The Morgan fingerprint density at radius 3 is 2.70 bits per heavy atom. The summed E-state index contributed by atoms with van der Waals surface area (Å²) in [5.41, 5.74) is 0. The summed E-state index contributed by atoms with van der Waals surface area (Å²) in [6.07, 6.45) is 3.11. The lowest BCUT2D eigenvalue weighted by molar-refractivity contribution is 0.0200. The second-order valence-corrected chi connectivity index (χ2v) is 6.33. The van der Waals surface area contributed by atoms with Crippen molar-refractivity contribution < 1.29 is 13.2 Å². The molecule has 1 fully saturated rings. The van der Waals surface area contributed by atoms with Crippen molar-refractivity contribution in [2.75, 3.05) is 39.5 Å². The molecule has 0 saturated carbocycles. The van der Waals surface area contributed by atoms with Crippen molar-refractivity contribution in [3.8, 4) is 0 Å². The Morgan fingerprint density at radius 2 is 2.15 bits per heavy atom. The van der Waals surface area contributed by atoms with E-state index in [0.717, 1.165) is 25.9 Å². The van der Waals surface area contributed by atoms with Gasteiger partial charge in [-0.25, -0.2) is 13.1 Å². The molecule has 1 saturated heterocycles. The number of hydrogen-bond donors (Lipinski definition) is 3. The van der Waals surface area contributed by atoms with E-state index in [1.807, 2.05) is 0 Å². The Balaban J connectivity index is 0.00000361. The number of aliphatic imine (C=N–C) groups is 1. The van der Waals surface area contributed by atoms with Gasteiger partial charge in [0.15, 0.2) is 5.96 Å². The zero-order valence-electron chi connectivity index (χ0n) is 12.0. The lowest BCUT2D eigenvalue weighted by Gasteiger charge is -2.22. The van der Waals surface area contributed by atoms with Crippen molar-refractivity contribution in [2.24, 2.45) is 4.99 Å². The van der Waals surface area contributed by atoms with Gasteiger partial charge in [-0.3, -0.25) is 4.99 Å². The summed E-state index contributed by atoms with van der Waals surface area (Å²) in [6, 6.07) is 0. The molecule has 120 valence electrons. The van der Waals surface area contributed by atoms with Crippen LogP contribution in [0, 0.1) is 0 Å². The van der Waals surface area contributed by atoms with E-state index in [2.05, 4.69) is 20.3 Å². The van der Waals surface area contributed by atoms with Crippen LogP contribution in [0.1, 0.15) is 19.3 Å². The minimum atomic E-state index is -3.27. The third-order valence-corrected chi connectivity index (χ3v) is 4.28. The summed E-state index contributed by atoms with van der Waals surface area (Å²) >= 11 is 0. The topological polar surface area (TPSA) is 91.8 Å². The smallest absolute Gasteiger partial charge is 0.213 e. The van der Waals surface area contributed by atoms with Gasteiger partial charge in [0.25, 0.3) is 0 Å². The second-order valence-electron chi connectivity index (χ2n) is 4.40. The van der Waals surface area contributed by atoms with E-state index < -0.39 is 10.0 Å². The quantitative estimate of drug-likeness (QED) is 0.317. The summed E-state index contributed by atoms with van der Waals surface area (Å²) in [6.45, 7) is 1.41. The molecular weight excluding hydrogens is 395 g/mol. The van der Waals surface area contributed by atoms with Gasteiger partial charge >= 0.3 is 0 Å². The molecule has 0 aromatic heterocycles. The zero-order valence-corrected chi connectivity index (χ0v) is 15.2. The molecule has 0 spiro atoms. The molecule has 0 aliphatic carbocycles. The highest BCUT2D eigenvalue weighted by Crippen LogP contribution is 2.11. The van der Waals surface area contributed by atoms with Gasteiger partial charge in [-0.15, -0.1) is 24.0 Å². The van der Waals surface area contributed by atoms with Crippen LogP contribution >= 0.6 is 24.0 Å². The normalized spacial score (nSPS) is 20.1. The fourth-order valence-electron chi connectivity index (χ4n) is 1.84.